The molecule has 0 amide bonds. The Kier molecular flexibility index (Phi) is 5.13. The fraction of sp³-hybridized carbons (Fsp3) is 0.500. The summed E-state index contributed by atoms with van der Waals surface area (Å²) in [5.41, 5.74) is 0.946. The molecular formula is C12H19NO4S. The average Bonchev–Trinajstić information content (AvgIpc) is 2.30. The molecule has 0 atom stereocenters. The van der Waals surface area contributed by atoms with Crippen LogP contribution in [0.5, 0.6) is 5.75 Å². The third-order valence-corrected chi connectivity index (χ3v) is 3.65. The molecule has 1 aromatic carbocycles. The highest BCUT2D eigenvalue weighted by Gasteiger charge is 2.16. The third-order valence-electron chi connectivity index (χ3n) is 2.62. The van der Waals surface area contributed by atoms with Crippen LogP contribution >= 0.6 is 0 Å². The maximum Gasteiger partial charge on any atom is 0.238 e. The first kappa shape index (κ1) is 14.9. The first-order chi connectivity index (χ1) is 8.40. The van der Waals surface area contributed by atoms with E-state index in [1.54, 1.807) is 13.0 Å². The third kappa shape index (κ3) is 3.69. The van der Waals surface area contributed by atoms with Crippen LogP contribution in [0.15, 0.2) is 17.0 Å². The largest absolute Gasteiger partial charge is 0.493 e. The van der Waals surface area contributed by atoms with Gasteiger partial charge in [-0.1, -0.05) is 13.3 Å². The molecule has 0 aliphatic carbocycles. The number of unbranched alkanes of at least 4 members (excludes halogenated alkanes) is 1. The Morgan fingerprint density at radius 3 is 2.56 bits per heavy atom. The molecule has 0 heterocycles. The summed E-state index contributed by atoms with van der Waals surface area (Å²) in [5, 5.41) is 14.3. The molecule has 1 aromatic rings. The molecule has 0 aliphatic heterocycles. The lowest BCUT2D eigenvalue weighted by atomic mass is 10.1. The second-order valence-electron chi connectivity index (χ2n) is 4.12. The van der Waals surface area contributed by atoms with E-state index >= 15 is 0 Å². The SMILES string of the molecule is CCCCOc1cc(CO)cc(S(N)(=O)=O)c1C. The maximum atomic E-state index is 11.4. The highest BCUT2D eigenvalue weighted by molar-refractivity contribution is 7.89. The van der Waals surface area contributed by atoms with E-state index in [2.05, 4.69) is 0 Å². The van der Waals surface area contributed by atoms with Crippen molar-refractivity contribution in [2.24, 2.45) is 5.14 Å². The van der Waals surface area contributed by atoms with Crippen molar-refractivity contribution in [1.82, 2.24) is 0 Å². The van der Waals surface area contributed by atoms with Gasteiger partial charge < -0.3 is 9.84 Å². The zero-order valence-corrected chi connectivity index (χ0v) is 11.5. The van der Waals surface area contributed by atoms with Gasteiger partial charge in [0.25, 0.3) is 0 Å². The lowest BCUT2D eigenvalue weighted by molar-refractivity contribution is 0.277. The smallest absolute Gasteiger partial charge is 0.238 e. The first-order valence-electron chi connectivity index (χ1n) is 5.80. The summed E-state index contributed by atoms with van der Waals surface area (Å²) in [4.78, 5) is 0.000508. The van der Waals surface area contributed by atoms with Gasteiger partial charge in [-0.15, -0.1) is 0 Å². The van der Waals surface area contributed by atoms with Crippen LogP contribution in [0, 0.1) is 6.92 Å². The minimum Gasteiger partial charge on any atom is -0.493 e. The fourth-order valence-electron chi connectivity index (χ4n) is 1.58. The second kappa shape index (κ2) is 6.17. The average molecular weight is 273 g/mol. The molecule has 1 rings (SSSR count). The summed E-state index contributed by atoms with van der Waals surface area (Å²) in [5.74, 6) is 0.457. The topological polar surface area (TPSA) is 89.6 Å². The van der Waals surface area contributed by atoms with Crippen molar-refractivity contribution in [2.75, 3.05) is 6.61 Å². The summed E-state index contributed by atoms with van der Waals surface area (Å²) < 4.78 is 28.4. The molecule has 0 aromatic heterocycles. The van der Waals surface area contributed by atoms with E-state index in [0.717, 1.165) is 12.8 Å². The normalized spacial score (nSPS) is 11.6. The summed E-state index contributed by atoms with van der Waals surface area (Å²) >= 11 is 0. The quantitative estimate of drug-likeness (QED) is 0.765. The number of hydrogen-bond acceptors (Lipinski definition) is 4. The molecule has 0 aliphatic rings. The van der Waals surface area contributed by atoms with Crippen molar-refractivity contribution < 1.29 is 18.3 Å². The van der Waals surface area contributed by atoms with Crippen LogP contribution in [0.1, 0.15) is 30.9 Å². The van der Waals surface area contributed by atoms with E-state index in [0.29, 0.717) is 23.5 Å². The van der Waals surface area contributed by atoms with Crippen molar-refractivity contribution in [1.29, 1.82) is 0 Å². The number of ether oxygens (including phenoxy) is 1. The van der Waals surface area contributed by atoms with Gasteiger partial charge in [-0.3, -0.25) is 0 Å². The van der Waals surface area contributed by atoms with Crippen molar-refractivity contribution in [3.63, 3.8) is 0 Å². The van der Waals surface area contributed by atoms with Gasteiger partial charge in [-0.05, 0) is 31.0 Å². The van der Waals surface area contributed by atoms with E-state index < -0.39 is 10.0 Å². The van der Waals surface area contributed by atoms with Crippen LogP contribution in [-0.2, 0) is 16.6 Å². The van der Waals surface area contributed by atoms with Gasteiger partial charge in [0, 0.05) is 5.56 Å². The van der Waals surface area contributed by atoms with Crippen molar-refractivity contribution in [3.8, 4) is 5.75 Å². The highest BCUT2D eigenvalue weighted by atomic mass is 32.2. The molecule has 6 heteroatoms. The van der Waals surface area contributed by atoms with Gasteiger partial charge >= 0.3 is 0 Å². The van der Waals surface area contributed by atoms with Crippen LogP contribution < -0.4 is 9.88 Å². The Labute approximate surface area is 108 Å². The number of primary sulfonamides is 1. The van der Waals surface area contributed by atoms with Crippen molar-refractivity contribution >= 4 is 10.0 Å². The monoisotopic (exact) mass is 273 g/mol. The Morgan fingerprint density at radius 1 is 1.39 bits per heavy atom. The van der Waals surface area contributed by atoms with Crippen LogP contribution in [0.4, 0.5) is 0 Å². The predicted octanol–water partition coefficient (Wildman–Crippen LogP) is 1.31. The molecule has 0 bridgehead atoms. The molecule has 18 heavy (non-hydrogen) atoms. The van der Waals surface area contributed by atoms with E-state index in [4.69, 9.17) is 15.0 Å². The summed E-state index contributed by atoms with van der Waals surface area (Å²) in [6.45, 7) is 3.93. The minimum absolute atomic E-state index is 0.000508. The molecule has 0 spiro atoms. The molecule has 102 valence electrons. The van der Waals surface area contributed by atoms with Gasteiger partial charge in [-0.2, -0.15) is 0 Å². The Morgan fingerprint density at radius 2 is 2.06 bits per heavy atom. The van der Waals surface area contributed by atoms with Crippen LogP contribution in [0.3, 0.4) is 0 Å². The minimum atomic E-state index is -3.81. The summed E-state index contributed by atoms with van der Waals surface area (Å²) in [6.07, 6.45) is 1.87. The number of nitrogens with two attached hydrogens (primary N) is 1. The Hall–Kier alpha value is -1.11. The number of sulfonamides is 1. The van der Waals surface area contributed by atoms with Gasteiger partial charge in [-0.25, -0.2) is 13.6 Å². The van der Waals surface area contributed by atoms with Gasteiger partial charge in [0.1, 0.15) is 5.75 Å². The van der Waals surface area contributed by atoms with E-state index in [-0.39, 0.29) is 11.5 Å². The number of benzene rings is 1. The molecule has 0 saturated heterocycles. The van der Waals surface area contributed by atoms with Gasteiger partial charge in [0.15, 0.2) is 0 Å². The predicted molar refractivity (Wildman–Crippen MR) is 68.9 cm³/mol. The zero-order chi connectivity index (χ0) is 13.8. The summed E-state index contributed by atoms with van der Waals surface area (Å²) in [7, 11) is -3.81. The zero-order valence-electron chi connectivity index (χ0n) is 10.6. The van der Waals surface area contributed by atoms with Crippen molar-refractivity contribution in [3.05, 3.63) is 23.3 Å². The Bertz CT molecular complexity index is 511. The summed E-state index contributed by atoms with van der Waals surface area (Å²) in [6, 6.07) is 3.01. The molecule has 0 fully saturated rings. The fourth-order valence-corrected chi connectivity index (χ4v) is 2.42. The van der Waals surface area contributed by atoms with Crippen LogP contribution in [0.25, 0.3) is 0 Å². The molecule has 0 radical (unpaired) electrons. The van der Waals surface area contributed by atoms with E-state index in [1.165, 1.54) is 6.07 Å². The van der Waals surface area contributed by atoms with E-state index in [9.17, 15) is 8.42 Å². The molecule has 0 saturated carbocycles. The molecule has 0 unspecified atom stereocenters. The standard InChI is InChI=1S/C12H19NO4S/c1-3-4-5-17-11-6-10(8-14)7-12(9(11)2)18(13,15)16/h6-7,14H,3-5,8H2,1-2H3,(H2,13,15,16). The number of aliphatic hydroxyl groups is 1. The lowest BCUT2D eigenvalue weighted by Gasteiger charge is -2.13. The van der Waals surface area contributed by atoms with E-state index in [1.807, 2.05) is 6.92 Å². The molecule has 3 N–H and O–H groups in total. The number of rotatable bonds is 6. The van der Waals surface area contributed by atoms with Gasteiger partial charge in [0.05, 0.1) is 18.1 Å². The van der Waals surface area contributed by atoms with Gasteiger partial charge in [0.2, 0.25) is 10.0 Å². The Balaban J connectivity index is 3.17. The van der Waals surface area contributed by atoms with Crippen LogP contribution in [-0.4, -0.2) is 20.1 Å². The number of aliphatic hydroxyl groups excluding tert-OH is 1. The number of hydrogen-bond donors (Lipinski definition) is 2. The molecule has 5 nitrogen and oxygen atoms in total. The van der Waals surface area contributed by atoms with Crippen molar-refractivity contribution in [2.45, 2.75) is 38.2 Å². The second-order valence-corrected chi connectivity index (χ2v) is 5.65. The lowest BCUT2D eigenvalue weighted by Crippen LogP contribution is -2.15. The highest BCUT2D eigenvalue weighted by Crippen LogP contribution is 2.27. The molecular weight excluding hydrogens is 254 g/mol. The maximum absolute atomic E-state index is 11.4. The van der Waals surface area contributed by atoms with Crippen LogP contribution in [0.2, 0.25) is 0 Å². The first-order valence-corrected chi connectivity index (χ1v) is 7.34.